The number of carboxylic acid groups (broad SMARTS) is 1. The number of carboxylic acids is 1. The van der Waals surface area contributed by atoms with E-state index >= 15 is 0 Å². The lowest BCUT2D eigenvalue weighted by atomic mass is 10.1. The molecule has 0 bridgehead atoms. The first-order valence-electron chi connectivity index (χ1n) is 5.67. The van der Waals surface area contributed by atoms with E-state index in [1.165, 1.54) is 0 Å². The molecule has 0 aliphatic rings. The van der Waals surface area contributed by atoms with E-state index < -0.39 is 18.0 Å². The second kappa shape index (κ2) is 8.22. The average Bonchev–Trinajstić information content (AvgIpc) is 2.22. The summed E-state index contributed by atoms with van der Waals surface area (Å²) in [4.78, 5) is 22.4. The zero-order valence-electron chi connectivity index (χ0n) is 10.8. The van der Waals surface area contributed by atoms with E-state index in [2.05, 4.69) is 10.6 Å². The second-order valence-corrected chi connectivity index (χ2v) is 5.35. The van der Waals surface area contributed by atoms with Crippen molar-refractivity contribution < 1.29 is 14.7 Å². The van der Waals surface area contributed by atoms with Gasteiger partial charge in [-0.05, 0) is 31.3 Å². The largest absolute Gasteiger partial charge is 0.480 e. The van der Waals surface area contributed by atoms with Gasteiger partial charge in [0.05, 0.1) is 0 Å². The Balaban J connectivity index is 4.10. The molecule has 0 aliphatic heterocycles. The molecule has 2 amide bonds. The van der Waals surface area contributed by atoms with Gasteiger partial charge in [0.2, 0.25) is 0 Å². The van der Waals surface area contributed by atoms with E-state index in [1.807, 2.05) is 13.2 Å². The topological polar surface area (TPSA) is 78.4 Å². The van der Waals surface area contributed by atoms with Crippen LogP contribution >= 0.6 is 11.8 Å². The van der Waals surface area contributed by atoms with Crippen molar-refractivity contribution >= 4 is 23.8 Å². The zero-order valence-corrected chi connectivity index (χ0v) is 11.6. The van der Waals surface area contributed by atoms with Crippen molar-refractivity contribution in [1.29, 1.82) is 0 Å². The van der Waals surface area contributed by atoms with Gasteiger partial charge in [0.15, 0.2) is 0 Å². The van der Waals surface area contributed by atoms with Crippen LogP contribution < -0.4 is 10.6 Å². The molecule has 2 unspecified atom stereocenters. The number of aliphatic carboxylic acids is 1. The lowest BCUT2D eigenvalue weighted by Crippen LogP contribution is -2.50. The van der Waals surface area contributed by atoms with E-state index in [-0.39, 0.29) is 12.0 Å². The van der Waals surface area contributed by atoms with E-state index in [0.717, 1.165) is 12.2 Å². The fraction of sp³-hybridized carbons (Fsp3) is 0.818. The molecular formula is C11H22N2O3S. The first kappa shape index (κ1) is 16.1. The molecule has 2 atom stereocenters. The Hall–Kier alpha value is -0.910. The number of carbonyl (C=O) groups excluding carboxylic acids is 1. The van der Waals surface area contributed by atoms with Crippen LogP contribution in [0.1, 0.15) is 27.2 Å². The van der Waals surface area contributed by atoms with Crippen LogP contribution in [0.25, 0.3) is 0 Å². The van der Waals surface area contributed by atoms with Crippen molar-refractivity contribution in [3.63, 3.8) is 0 Å². The summed E-state index contributed by atoms with van der Waals surface area (Å²) in [5.41, 5.74) is 0. The van der Waals surface area contributed by atoms with Crippen LogP contribution in [-0.4, -0.2) is 41.2 Å². The first-order valence-corrected chi connectivity index (χ1v) is 7.06. The standard InChI is InChI=1S/C11H22N2O3S/c1-7(2)9(10(14)15)13-11(16)12-8(3)5-6-17-4/h7-9H,5-6H2,1-4H3,(H,14,15)(H2,12,13,16). The van der Waals surface area contributed by atoms with Gasteiger partial charge in [0, 0.05) is 6.04 Å². The molecule has 0 rings (SSSR count). The number of nitrogens with one attached hydrogen (secondary N) is 2. The maximum Gasteiger partial charge on any atom is 0.326 e. The fourth-order valence-electron chi connectivity index (χ4n) is 1.29. The van der Waals surface area contributed by atoms with Gasteiger partial charge < -0.3 is 15.7 Å². The Morgan fingerprint density at radius 3 is 2.24 bits per heavy atom. The Morgan fingerprint density at radius 1 is 1.24 bits per heavy atom. The van der Waals surface area contributed by atoms with Gasteiger partial charge in [-0.15, -0.1) is 0 Å². The van der Waals surface area contributed by atoms with Gasteiger partial charge in [-0.1, -0.05) is 13.8 Å². The highest BCUT2D eigenvalue weighted by Crippen LogP contribution is 2.02. The van der Waals surface area contributed by atoms with Crippen LogP contribution in [0.5, 0.6) is 0 Å². The van der Waals surface area contributed by atoms with E-state index in [0.29, 0.717) is 0 Å². The summed E-state index contributed by atoms with van der Waals surface area (Å²) >= 11 is 1.71. The third-order valence-corrected chi connectivity index (χ3v) is 3.00. The van der Waals surface area contributed by atoms with Crippen LogP contribution in [0.3, 0.4) is 0 Å². The van der Waals surface area contributed by atoms with Crippen LogP contribution in [0.4, 0.5) is 4.79 Å². The number of rotatable bonds is 7. The summed E-state index contributed by atoms with van der Waals surface area (Å²) in [6.07, 6.45) is 2.88. The SMILES string of the molecule is CSCCC(C)NC(=O)NC(C(=O)O)C(C)C. The molecule has 0 radical (unpaired) electrons. The molecule has 0 fully saturated rings. The second-order valence-electron chi connectivity index (χ2n) is 4.36. The summed E-state index contributed by atoms with van der Waals surface area (Å²) < 4.78 is 0. The highest BCUT2D eigenvalue weighted by molar-refractivity contribution is 7.98. The minimum Gasteiger partial charge on any atom is -0.480 e. The van der Waals surface area contributed by atoms with Crippen molar-refractivity contribution in [3.8, 4) is 0 Å². The smallest absolute Gasteiger partial charge is 0.326 e. The number of amides is 2. The molecule has 5 nitrogen and oxygen atoms in total. The molecule has 0 saturated heterocycles. The number of hydrogen-bond donors (Lipinski definition) is 3. The summed E-state index contributed by atoms with van der Waals surface area (Å²) in [5, 5.41) is 14.1. The molecule has 0 spiro atoms. The molecule has 0 aromatic heterocycles. The van der Waals surface area contributed by atoms with E-state index in [1.54, 1.807) is 25.6 Å². The summed E-state index contributed by atoms with van der Waals surface area (Å²) in [5.74, 6) is -0.180. The zero-order chi connectivity index (χ0) is 13.4. The van der Waals surface area contributed by atoms with E-state index in [9.17, 15) is 9.59 Å². The maximum absolute atomic E-state index is 11.5. The highest BCUT2D eigenvalue weighted by atomic mass is 32.2. The molecule has 0 aromatic carbocycles. The van der Waals surface area contributed by atoms with Gasteiger partial charge in [-0.25, -0.2) is 9.59 Å². The van der Waals surface area contributed by atoms with E-state index in [4.69, 9.17) is 5.11 Å². The van der Waals surface area contributed by atoms with Crippen LogP contribution in [-0.2, 0) is 4.79 Å². The predicted molar refractivity (Wildman–Crippen MR) is 70.4 cm³/mol. The van der Waals surface area contributed by atoms with Gasteiger partial charge in [-0.2, -0.15) is 11.8 Å². The third-order valence-electron chi connectivity index (χ3n) is 2.35. The molecule has 0 heterocycles. The molecule has 0 aliphatic carbocycles. The average molecular weight is 262 g/mol. The van der Waals surface area contributed by atoms with Crippen molar-refractivity contribution in [3.05, 3.63) is 0 Å². The lowest BCUT2D eigenvalue weighted by Gasteiger charge is -2.20. The van der Waals surface area contributed by atoms with Gasteiger partial charge in [0.1, 0.15) is 6.04 Å². The Morgan fingerprint density at radius 2 is 1.82 bits per heavy atom. The monoisotopic (exact) mass is 262 g/mol. The number of urea groups is 1. The molecule has 17 heavy (non-hydrogen) atoms. The minimum absolute atomic E-state index is 0.0454. The van der Waals surface area contributed by atoms with Crippen molar-refractivity contribution in [1.82, 2.24) is 10.6 Å². The summed E-state index contributed by atoms with van der Waals surface area (Å²) in [6.45, 7) is 5.42. The quantitative estimate of drug-likeness (QED) is 0.650. The van der Waals surface area contributed by atoms with Gasteiger partial charge >= 0.3 is 12.0 Å². The first-order chi connectivity index (χ1) is 7.88. The van der Waals surface area contributed by atoms with Gasteiger partial charge in [-0.3, -0.25) is 0 Å². The number of hydrogen-bond acceptors (Lipinski definition) is 3. The molecule has 100 valence electrons. The van der Waals surface area contributed by atoms with Gasteiger partial charge in [0.25, 0.3) is 0 Å². The molecule has 0 saturated carbocycles. The highest BCUT2D eigenvalue weighted by Gasteiger charge is 2.23. The van der Waals surface area contributed by atoms with Crippen LogP contribution in [0.2, 0.25) is 0 Å². The van der Waals surface area contributed by atoms with Crippen molar-refractivity contribution in [2.75, 3.05) is 12.0 Å². The Kier molecular flexibility index (Phi) is 7.78. The minimum atomic E-state index is -1.01. The number of carbonyl (C=O) groups is 2. The van der Waals surface area contributed by atoms with Crippen molar-refractivity contribution in [2.24, 2.45) is 5.92 Å². The Bertz CT molecular complexity index is 259. The molecule has 3 N–H and O–H groups in total. The molecular weight excluding hydrogens is 240 g/mol. The summed E-state index contributed by atoms with van der Waals surface area (Å²) in [6, 6.07) is -1.22. The van der Waals surface area contributed by atoms with Crippen molar-refractivity contribution in [2.45, 2.75) is 39.3 Å². The Labute approximate surface area is 107 Å². The normalized spacial score (nSPS) is 14.2. The number of thioether (sulfide) groups is 1. The third kappa shape index (κ3) is 7.10. The lowest BCUT2D eigenvalue weighted by molar-refractivity contribution is -0.140. The summed E-state index contributed by atoms with van der Waals surface area (Å²) in [7, 11) is 0. The predicted octanol–water partition coefficient (Wildman–Crippen LogP) is 1.54. The molecule has 0 aromatic rings. The maximum atomic E-state index is 11.5. The van der Waals surface area contributed by atoms with Crippen LogP contribution in [0, 0.1) is 5.92 Å². The molecule has 6 heteroatoms. The van der Waals surface area contributed by atoms with Crippen LogP contribution in [0.15, 0.2) is 0 Å². The fourth-order valence-corrected chi connectivity index (χ4v) is 1.88.